The van der Waals surface area contributed by atoms with Crippen LogP contribution < -0.4 is 10.2 Å². The van der Waals surface area contributed by atoms with Gasteiger partial charge in [-0.05, 0) is 50.5 Å². The van der Waals surface area contributed by atoms with E-state index in [-0.39, 0.29) is 11.9 Å². The fourth-order valence-electron chi connectivity index (χ4n) is 5.19. The predicted octanol–water partition coefficient (Wildman–Crippen LogP) is 3.13. The molecule has 148 valence electrons. The normalized spacial score (nSPS) is 29.1. The number of rotatable bonds is 6. The van der Waals surface area contributed by atoms with Crippen molar-refractivity contribution in [1.82, 2.24) is 20.3 Å². The molecule has 28 heavy (non-hydrogen) atoms. The van der Waals surface area contributed by atoms with Crippen LogP contribution in [0.2, 0.25) is 0 Å². The standard InChI is InChI=1S/C21H27N5OS/c1-2-14-10-22-20(23-11-14)26-17-6-7-18(26)21(9-17,8-16-12-28-13-24-16)19(27)25-15-4-3-5-15/h10-13,15,17-18H,2-9H2,1H3,(H,25,27)/t17-,18+,21+/m1/s1. The van der Waals surface area contributed by atoms with E-state index < -0.39 is 5.41 Å². The number of anilines is 1. The Hall–Kier alpha value is -2.02. The van der Waals surface area contributed by atoms with Crippen LogP contribution >= 0.6 is 11.3 Å². The van der Waals surface area contributed by atoms with Gasteiger partial charge in [-0.15, -0.1) is 11.3 Å². The molecular weight excluding hydrogens is 370 g/mol. The van der Waals surface area contributed by atoms with Crippen molar-refractivity contribution in [3.8, 4) is 0 Å². The molecule has 3 aliphatic rings. The third-order valence-electron chi connectivity index (χ3n) is 6.94. The summed E-state index contributed by atoms with van der Waals surface area (Å²) in [5.74, 6) is 0.994. The van der Waals surface area contributed by atoms with Gasteiger partial charge in [-0.25, -0.2) is 15.0 Å². The lowest BCUT2D eigenvalue weighted by molar-refractivity contribution is -0.133. The van der Waals surface area contributed by atoms with E-state index in [0.717, 1.165) is 55.7 Å². The van der Waals surface area contributed by atoms with Crippen molar-refractivity contribution in [3.63, 3.8) is 0 Å². The zero-order valence-electron chi connectivity index (χ0n) is 16.3. The SMILES string of the molecule is CCc1cnc(N2[C@@H]3CC[C@H]2[C@@](Cc2cscn2)(C(=O)NC2CCC2)C3)nc1. The molecule has 2 saturated heterocycles. The lowest BCUT2D eigenvalue weighted by Gasteiger charge is -2.38. The number of aromatic nitrogens is 3. The number of nitrogens with zero attached hydrogens (tertiary/aromatic N) is 4. The quantitative estimate of drug-likeness (QED) is 0.811. The first kappa shape index (κ1) is 18.0. The van der Waals surface area contributed by atoms with Crippen LogP contribution in [0.4, 0.5) is 5.95 Å². The van der Waals surface area contributed by atoms with Gasteiger partial charge in [0.2, 0.25) is 11.9 Å². The molecule has 5 rings (SSSR count). The van der Waals surface area contributed by atoms with E-state index in [2.05, 4.69) is 37.5 Å². The van der Waals surface area contributed by atoms with Crippen molar-refractivity contribution in [3.05, 3.63) is 34.5 Å². The number of carbonyl (C=O) groups excluding carboxylic acids is 1. The van der Waals surface area contributed by atoms with Crippen LogP contribution in [0, 0.1) is 5.41 Å². The molecule has 0 aromatic carbocycles. The van der Waals surface area contributed by atoms with Gasteiger partial charge in [-0.1, -0.05) is 6.92 Å². The van der Waals surface area contributed by atoms with Gasteiger partial charge in [0.05, 0.1) is 16.6 Å². The number of nitrogens with one attached hydrogen (secondary N) is 1. The Morgan fingerprint density at radius 3 is 2.71 bits per heavy atom. The van der Waals surface area contributed by atoms with Crippen LogP contribution in [0.3, 0.4) is 0 Å². The van der Waals surface area contributed by atoms with E-state index in [9.17, 15) is 4.79 Å². The summed E-state index contributed by atoms with van der Waals surface area (Å²) in [4.78, 5) is 29.7. The second kappa shape index (κ2) is 7.10. The van der Waals surface area contributed by atoms with Gasteiger partial charge in [0.15, 0.2) is 0 Å². The number of thiazole rings is 1. The fourth-order valence-corrected chi connectivity index (χ4v) is 5.75. The second-order valence-electron chi connectivity index (χ2n) is 8.52. The number of hydrogen-bond donors (Lipinski definition) is 1. The fraction of sp³-hybridized carbons (Fsp3) is 0.619. The van der Waals surface area contributed by atoms with Gasteiger partial charge in [0.1, 0.15) is 0 Å². The summed E-state index contributed by atoms with van der Waals surface area (Å²) < 4.78 is 0. The minimum atomic E-state index is -0.431. The van der Waals surface area contributed by atoms with Crippen LogP contribution in [0.1, 0.15) is 56.7 Å². The highest BCUT2D eigenvalue weighted by Crippen LogP contribution is 2.52. The van der Waals surface area contributed by atoms with Gasteiger partial charge in [0, 0.05) is 42.3 Å². The predicted molar refractivity (Wildman–Crippen MR) is 109 cm³/mol. The van der Waals surface area contributed by atoms with Crippen molar-refractivity contribution >= 4 is 23.2 Å². The Kier molecular flexibility index (Phi) is 4.57. The van der Waals surface area contributed by atoms with Crippen LogP contribution in [-0.2, 0) is 17.6 Å². The van der Waals surface area contributed by atoms with Gasteiger partial charge in [0.25, 0.3) is 0 Å². The molecule has 4 heterocycles. The van der Waals surface area contributed by atoms with Crippen molar-refractivity contribution in [2.45, 2.75) is 76.4 Å². The molecule has 3 fully saturated rings. The smallest absolute Gasteiger partial charge is 0.228 e. The molecule has 0 radical (unpaired) electrons. The molecule has 1 amide bonds. The maximum Gasteiger partial charge on any atom is 0.228 e. The van der Waals surface area contributed by atoms with Gasteiger partial charge in [-0.3, -0.25) is 4.79 Å². The number of aryl methyl sites for hydroxylation is 1. The molecule has 1 N–H and O–H groups in total. The Morgan fingerprint density at radius 2 is 2.07 bits per heavy atom. The Labute approximate surface area is 169 Å². The van der Waals surface area contributed by atoms with Crippen molar-refractivity contribution in [2.75, 3.05) is 4.90 Å². The van der Waals surface area contributed by atoms with E-state index in [1.807, 2.05) is 17.9 Å². The van der Waals surface area contributed by atoms with E-state index in [1.165, 1.54) is 6.42 Å². The maximum atomic E-state index is 13.6. The molecule has 1 saturated carbocycles. The number of hydrogen-bond acceptors (Lipinski definition) is 6. The monoisotopic (exact) mass is 397 g/mol. The topological polar surface area (TPSA) is 71.0 Å². The van der Waals surface area contributed by atoms with E-state index in [1.54, 1.807) is 11.3 Å². The zero-order chi connectivity index (χ0) is 19.1. The first-order valence-corrected chi connectivity index (χ1v) is 11.4. The van der Waals surface area contributed by atoms with Crippen molar-refractivity contribution in [2.24, 2.45) is 5.41 Å². The number of fused-ring (bicyclic) bond motifs is 2. The van der Waals surface area contributed by atoms with Gasteiger partial charge < -0.3 is 10.2 Å². The number of amides is 1. The zero-order valence-corrected chi connectivity index (χ0v) is 17.1. The maximum absolute atomic E-state index is 13.6. The molecule has 2 aliphatic heterocycles. The third kappa shape index (κ3) is 2.91. The largest absolute Gasteiger partial charge is 0.353 e. The summed E-state index contributed by atoms with van der Waals surface area (Å²) in [6, 6.07) is 0.836. The van der Waals surface area contributed by atoms with Crippen LogP contribution in [-0.4, -0.2) is 39.0 Å². The molecule has 1 aliphatic carbocycles. The van der Waals surface area contributed by atoms with Crippen molar-refractivity contribution in [1.29, 1.82) is 0 Å². The molecule has 7 heteroatoms. The van der Waals surface area contributed by atoms with E-state index >= 15 is 0 Å². The molecule has 6 nitrogen and oxygen atoms in total. The van der Waals surface area contributed by atoms with Gasteiger partial charge in [-0.2, -0.15) is 0 Å². The highest BCUT2D eigenvalue weighted by Gasteiger charge is 2.60. The van der Waals surface area contributed by atoms with E-state index in [0.29, 0.717) is 18.5 Å². The van der Waals surface area contributed by atoms with Crippen LogP contribution in [0.5, 0.6) is 0 Å². The molecule has 0 spiro atoms. The summed E-state index contributed by atoms with van der Waals surface area (Å²) in [6.45, 7) is 2.11. The summed E-state index contributed by atoms with van der Waals surface area (Å²) in [6.07, 6.45) is 11.9. The van der Waals surface area contributed by atoms with Crippen LogP contribution in [0.25, 0.3) is 0 Å². The second-order valence-corrected chi connectivity index (χ2v) is 9.24. The van der Waals surface area contributed by atoms with Gasteiger partial charge >= 0.3 is 0 Å². The first-order valence-electron chi connectivity index (χ1n) is 10.5. The molecule has 2 aromatic heterocycles. The highest BCUT2D eigenvalue weighted by molar-refractivity contribution is 7.07. The molecule has 0 unspecified atom stereocenters. The average molecular weight is 398 g/mol. The number of carbonyl (C=O) groups is 1. The molecule has 3 atom stereocenters. The third-order valence-corrected chi connectivity index (χ3v) is 7.58. The lowest BCUT2D eigenvalue weighted by Crippen LogP contribution is -2.54. The summed E-state index contributed by atoms with van der Waals surface area (Å²) in [7, 11) is 0. The van der Waals surface area contributed by atoms with Crippen molar-refractivity contribution < 1.29 is 4.79 Å². The lowest BCUT2D eigenvalue weighted by atomic mass is 9.69. The minimum absolute atomic E-state index is 0.145. The Balaban J connectivity index is 1.47. The summed E-state index contributed by atoms with van der Waals surface area (Å²) in [5.41, 5.74) is 3.61. The minimum Gasteiger partial charge on any atom is -0.353 e. The Bertz CT molecular complexity index is 835. The summed E-state index contributed by atoms with van der Waals surface area (Å²) >= 11 is 1.60. The molecule has 2 bridgehead atoms. The van der Waals surface area contributed by atoms with Crippen LogP contribution in [0.15, 0.2) is 23.3 Å². The first-order chi connectivity index (χ1) is 13.7. The molecular formula is C21H27N5OS. The van der Waals surface area contributed by atoms with E-state index in [4.69, 9.17) is 0 Å². The average Bonchev–Trinajstić information content (AvgIpc) is 3.40. The summed E-state index contributed by atoms with van der Waals surface area (Å²) in [5, 5.41) is 5.44. The molecule has 2 aromatic rings. The Morgan fingerprint density at radius 1 is 1.25 bits per heavy atom. The highest BCUT2D eigenvalue weighted by atomic mass is 32.1.